The van der Waals surface area contributed by atoms with E-state index in [0.717, 1.165) is 9.80 Å². The van der Waals surface area contributed by atoms with Crippen molar-refractivity contribution in [1.82, 2.24) is 9.80 Å². The Balaban J connectivity index is 2.44. The van der Waals surface area contributed by atoms with Gasteiger partial charge in [0, 0.05) is 19.7 Å². The number of hydrogen-bond donors (Lipinski definition) is 0. The second-order valence-electron chi connectivity index (χ2n) is 4.55. The van der Waals surface area contributed by atoms with Gasteiger partial charge >= 0.3 is 6.03 Å². The van der Waals surface area contributed by atoms with Gasteiger partial charge in [-0.1, -0.05) is 18.2 Å². The lowest BCUT2D eigenvalue weighted by Crippen LogP contribution is -2.52. The third-order valence-corrected chi connectivity index (χ3v) is 3.16. The molecule has 1 aromatic rings. The molecule has 1 fully saturated rings. The maximum atomic E-state index is 12.1. The Morgan fingerprint density at radius 3 is 2.32 bits per heavy atom. The van der Waals surface area contributed by atoms with Gasteiger partial charge < -0.3 is 4.74 Å². The summed E-state index contributed by atoms with van der Waals surface area (Å²) in [6.45, 7) is -0.152. The Labute approximate surface area is 127 Å². The SMILES string of the molecule is CN1C(=O)C(=Cc2ccccc2OCC#N)C(=O)N(C)C1=O. The summed E-state index contributed by atoms with van der Waals surface area (Å²) < 4.78 is 5.25. The van der Waals surface area contributed by atoms with E-state index >= 15 is 0 Å². The van der Waals surface area contributed by atoms with E-state index in [2.05, 4.69) is 0 Å². The Kier molecular flexibility index (Phi) is 4.23. The Morgan fingerprint density at radius 2 is 1.73 bits per heavy atom. The lowest BCUT2D eigenvalue weighted by molar-refractivity contribution is -0.134. The van der Waals surface area contributed by atoms with Crippen LogP contribution in [0, 0.1) is 11.3 Å². The summed E-state index contributed by atoms with van der Waals surface area (Å²) >= 11 is 0. The Bertz CT molecular complexity index is 692. The van der Waals surface area contributed by atoms with Crippen molar-refractivity contribution in [1.29, 1.82) is 5.26 Å². The van der Waals surface area contributed by atoms with Crippen molar-refractivity contribution >= 4 is 23.9 Å². The maximum Gasteiger partial charge on any atom is 0.333 e. The summed E-state index contributed by atoms with van der Waals surface area (Å²) in [5, 5.41) is 8.57. The first-order chi connectivity index (χ1) is 10.5. The molecule has 0 radical (unpaired) electrons. The highest BCUT2D eigenvalue weighted by Crippen LogP contribution is 2.24. The van der Waals surface area contributed by atoms with Gasteiger partial charge in [-0.3, -0.25) is 19.4 Å². The van der Waals surface area contributed by atoms with E-state index in [1.54, 1.807) is 24.3 Å². The fourth-order valence-corrected chi connectivity index (χ4v) is 1.97. The van der Waals surface area contributed by atoms with Crippen molar-refractivity contribution in [2.75, 3.05) is 20.7 Å². The molecule has 1 aliphatic rings. The molecule has 2 rings (SSSR count). The van der Waals surface area contributed by atoms with E-state index in [4.69, 9.17) is 10.00 Å². The van der Waals surface area contributed by atoms with E-state index < -0.39 is 17.8 Å². The van der Waals surface area contributed by atoms with Crippen LogP contribution >= 0.6 is 0 Å². The maximum absolute atomic E-state index is 12.1. The molecule has 7 heteroatoms. The summed E-state index contributed by atoms with van der Waals surface area (Å²) in [4.78, 5) is 37.6. The van der Waals surface area contributed by atoms with Crippen LogP contribution in [0.4, 0.5) is 4.79 Å². The van der Waals surface area contributed by atoms with Crippen molar-refractivity contribution in [3.05, 3.63) is 35.4 Å². The molecule has 1 heterocycles. The van der Waals surface area contributed by atoms with Gasteiger partial charge in [-0.15, -0.1) is 0 Å². The van der Waals surface area contributed by atoms with Crippen LogP contribution in [-0.2, 0) is 9.59 Å². The number of carbonyl (C=O) groups is 3. The van der Waals surface area contributed by atoms with Gasteiger partial charge in [-0.05, 0) is 12.1 Å². The zero-order valence-corrected chi connectivity index (χ0v) is 12.1. The average Bonchev–Trinajstić information content (AvgIpc) is 2.54. The normalized spacial score (nSPS) is 15.0. The molecule has 7 nitrogen and oxygen atoms in total. The highest BCUT2D eigenvalue weighted by molar-refractivity contribution is 6.30. The second kappa shape index (κ2) is 6.10. The third kappa shape index (κ3) is 2.67. The number of hydrogen-bond acceptors (Lipinski definition) is 5. The zero-order valence-electron chi connectivity index (χ0n) is 12.1. The van der Waals surface area contributed by atoms with Gasteiger partial charge in [-0.25, -0.2) is 4.79 Å². The third-order valence-electron chi connectivity index (χ3n) is 3.16. The van der Waals surface area contributed by atoms with Crippen molar-refractivity contribution in [2.24, 2.45) is 0 Å². The number of carbonyl (C=O) groups excluding carboxylic acids is 3. The fourth-order valence-electron chi connectivity index (χ4n) is 1.97. The Morgan fingerprint density at radius 1 is 1.14 bits per heavy atom. The van der Waals surface area contributed by atoms with Gasteiger partial charge in [0.15, 0.2) is 6.61 Å². The van der Waals surface area contributed by atoms with Crippen LogP contribution in [0.1, 0.15) is 5.56 Å². The van der Waals surface area contributed by atoms with Crippen LogP contribution in [0.25, 0.3) is 6.08 Å². The number of nitrogens with zero attached hydrogens (tertiary/aromatic N) is 3. The first kappa shape index (κ1) is 15.3. The molecule has 1 saturated heterocycles. The Hall–Kier alpha value is -3.14. The molecule has 1 aromatic carbocycles. The first-order valence-corrected chi connectivity index (χ1v) is 6.38. The summed E-state index contributed by atoms with van der Waals surface area (Å²) in [6, 6.07) is 7.86. The first-order valence-electron chi connectivity index (χ1n) is 6.38. The van der Waals surface area contributed by atoms with Crippen LogP contribution in [-0.4, -0.2) is 48.3 Å². The molecule has 112 valence electrons. The van der Waals surface area contributed by atoms with Crippen molar-refractivity contribution in [2.45, 2.75) is 0 Å². The summed E-state index contributed by atoms with van der Waals surface area (Å²) in [5.74, 6) is -0.981. The van der Waals surface area contributed by atoms with Gasteiger partial charge in [0.2, 0.25) is 0 Å². The zero-order chi connectivity index (χ0) is 16.3. The van der Waals surface area contributed by atoms with Gasteiger partial charge in [-0.2, -0.15) is 5.26 Å². The minimum absolute atomic E-state index is 0.141. The predicted octanol–water partition coefficient (Wildman–Crippen LogP) is 1.02. The molecule has 0 bridgehead atoms. The minimum atomic E-state index is -0.679. The molecule has 22 heavy (non-hydrogen) atoms. The molecule has 0 N–H and O–H groups in total. The highest BCUT2D eigenvalue weighted by atomic mass is 16.5. The molecule has 0 atom stereocenters. The fraction of sp³-hybridized carbons (Fsp3) is 0.200. The minimum Gasteiger partial charge on any atom is -0.478 e. The van der Waals surface area contributed by atoms with Crippen molar-refractivity contribution in [3.8, 4) is 11.8 Å². The lowest BCUT2D eigenvalue weighted by Gasteiger charge is -2.28. The molecule has 0 unspecified atom stereocenters. The van der Waals surface area contributed by atoms with Crippen molar-refractivity contribution < 1.29 is 19.1 Å². The molecule has 0 spiro atoms. The number of amides is 4. The highest BCUT2D eigenvalue weighted by Gasteiger charge is 2.37. The number of nitriles is 1. The molecular weight excluding hydrogens is 286 g/mol. The van der Waals surface area contributed by atoms with E-state index in [-0.39, 0.29) is 12.2 Å². The molecule has 4 amide bonds. The largest absolute Gasteiger partial charge is 0.478 e. The van der Waals surface area contributed by atoms with Crippen LogP contribution in [0.3, 0.4) is 0 Å². The molecular formula is C15H13N3O4. The van der Waals surface area contributed by atoms with Crippen LogP contribution < -0.4 is 4.74 Å². The molecule has 0 saturated carbocycles. The van der Waals surface area contributed by atoms with Crippen molar-refractivity contribution in [3.63, 3.8) is 0 Å². The number of imide groups is 2. The quantitative estimate of drug-likeness (QED) is 0.614. The second-order valence-corrected chi connectivity index (χ2v) is 4.55. The number of urea groups is 1. The van der Waals surface area contributed by atoms with Gasteiger partial charge in [0.1, 0.15) is 17.4 Å². The van der Waals surface area contributed by atoms with Gasteiger partial charge in [0.05, 0.1) is 0 Å². The number of rotatable bonds is 3. The van der Waals surface area contributed by atoms with Crippen LogP contribution in [0.5, 0.6) is 5.75 Å². The monoisotopic (exact) mass is 299 g/mol. The molecule has 1 aliphatic heterocycles. The lowest BCUT2D eigenvalue weighted by atomic mass is 10.1. The standard InChI is InChI=1S/C15H13N3O4/c1-17-13(19)11(14(20)18(2)15(17)21)9-10-5-3-4-6-12(10)22-8-7-16/h3-6,9H,8H2,1-2H3. The van der Waals surface area contributed by atoms with Crippen LogP contribution in [0.2, 0.25) is 0 Å². The van der Waals surface area contributed by atoms with E-state index in [0.29, 0.717) is 11.3 Å². The smallest absolute Gasteiger partial charge is 0.333 e. The summed E-state index contributed by atoms with van der Waals surface area (Å²) in [5.41, 5.74) is 0.336. The summed E-state index contributed by atoms with van der Waals surface area (Å²) in [6.07, 6.45) is 1.36. The summed E-state index contributed by atoms with van der Waals surface area (Å²) in [7, 11) is 2.61. The molecule has 0 aliphatic carbocycles. The number of benzene rings is 1. The number of barbiturate groups is 1. The van der Waals surface area contributed by atoms with E-state index in [1.165, 1.54) is 20.2 Å². The van der Waals surface area contributed by atoms with Crippen LogP contribution in [0.15, 0.2) is 29.8 Å². The number of likely N-dealkylation sites (N-methyl/N-ethyl adjacent to an activating group) is 2. The van der Waals surface area contributed by atoms with E-state index in [1.807, 2.05) is 6.07 Å². The predicted molar refractivity (Wildman–Crippen MR) is 76.5 cm³/mol. The topological polar surface area (TPSA) is 90.7 Å². The number of ether oxygens (including phenoxy) is 1. The average molecular weight is 299 g/mol. The van der Waals surface area contributed by atoms with Gasteiger partial charge in [0.25, 0.3) is 11.8 Å². The number of para-hydroxylation sites is 1. The van der Waals surface area contributed by atoms with E-state index in [9.17, 15) is 14.4 Å². The molecule has 0 aromatic heterocycles.